The van der Waals surface area contributed by atoms with E-state index in [-0.39, 0.29) is 23.4 Å². The van der Waals surface area contributed by atoms with Crippen molar-refractivity contribution in [1.29, 1.82) is 0 Å². The minimum atomic E-state index is -0.472. The Morgan fingerprint density at radius 2 is 2.10 bits per heavy atom. The van der Waals surface area contributed by atoms with Crippen LogP contribution in [0.1, 0.15) is 38.4 Å². The summed E-state index contributed by atoms with van der Waals surface area (Å²) in [6, 6.07) is 8.10. The number of aryl methyl sites for hydroxylation is 2. The van der Waals surface area contributed by atoms with Crippen LogP contribution in [0.2, 0.25) is 0 Å². The fourth-order valence-electron chi connectivity index (χ4n) is 3.61. The molecule has 8 heteroatoms. The lowest BCUT2D eigenvalue weighted by Gasteiger charge is -2.24. The van der Waals surface area contributed by atoms with Gasteiger partial charge in [0, 0.05) is 25.5 Å². The number of nitrogens with zero attached hydrogens (tertiary/aromatic N) is 3. The number of pyridine rings is 1. The summed E-state index contributed by atoms with van der Waals surface area (Å²) in [5, 5.41) is 9.87. The Hall–Kier alpha value is -3.55. The Balaban J connectivity index is 1.42. The van der Waals surface area contributed by atoms with Gasteiger partial charge in [0.1, 0.15) is 5.82 Å². The summed E-state index contributed by atoms with van der Waals surface area (Å²) in [4.78, 5) is 28.9. The first-order chi connectivity index (χ1) is 14.5. The number of halogens is 1. The van der Waals surface area contributed by atoms with Gasteiger partial charge in [-0.1, -0.05) is 6.07 Å². The molecule has 0 spiro atoms. The zero-order valence-electron chi connectivity index (χ0n) is 16.6. The maximum Gasteiger partial charge on any atom is 0.259 e. The van der Waals surface area contributed by atoms with Crippen LogP contribution in [-0.4, -0.2) is 33.1 Å². The number of hydrogen-bond acceptors (Lipinski definition) is 4. The van der Waals surface area contributed by atoms with Crippen LogP contribution in [0.25, 0.3) is 0 Å². The van der Waals surface area contributed by atoms with Gasteiger partial charge in [-0.25, -0.2) is 4.39 Å². The van der Waals surface area contributed by atoms with E-state index in [1.165, 1.54) is 18.5 Å². The third kappa shape index (κ3) is 4.22. The Kier molecular flexibility index (Phi) is 5.56. The van der Waals surface area contributed by atoms with Gasteiger partial charge >= 0.3 is 0 Å². The van der Waals surface area contributed by atoms with Crippen LogP contribution in [-0.2, 0) is 13.0 Å². The maximum atomic E-state index is 14.1. The summed E-state index contributed by atoms with van der Waals surface area (Å²) in [6.45, 7) is 2.94. The molecule has 1 atom stereocenters. The molecule has 7 nitrogen and oxygen atoms in total. The van der Waals surface area contributed by atoms with Gasteiger partial charge in [-0.05, 0) is 55.5 Å². The molecule has 2 aromatic heterocycles. The number of fused-ring (bicyclic) bond motifs is 1. The average Bonchev–Trinajstić information content (AvgIpc) is 3.18. The molecule has 1 aliphatic heterocycles. The summed E-state index contributed by atoms with van der Waals surface area (Å²) < 4.78 is 15.9. The van der Waals surface area contributed by atoms with Crippen molar-refractivity contribution < 1.29 is 14.0 Å². The lowest BCUT2D eigenvalue weighted by atomic mass is 9.94. The Bertz CT molecular complexity index is 1080. The second-order valence-electron chi connectivity index (χ2n) is 7.48. The first-order valence-electron chi connectivity index (χ1n) is 9.81. The number of amides is 2. The molecule has 0 aliphatic carbocycles. The lowest BCUT2D eigenvalue weighted by Crippen LogP contribution is -2.33. The van der Waals surface area contributed by atoms with Crippen LogP contribution in [0.15, 0.2) is 48.9 Å². The number of rotatable bonds is 5. The van der Waals surface area contributed by atoms with E-state index in [4.69, 9.17) is 0 Å². The van der Waals surface area contributed by atoms with E-state index in [0.717, 1.165) is 17.7 Å². The quantitative estimate of drug-likeness (QED) is 0.681. The minimum Gasteiger partial charge on any atom is -0.352 e. The van der Waals surface area contributed by atoms with Crippen LogP contribution >= 0.6 is 0 Å². The molecule has 3 aromatic rings. The molecule has 1 aliphatic rings. The fourth-order valence-corrected chi connectivity index (χ4v) is 3.61. The summed E-state index contributed by atoms with van der Waals surface area (Å²) in [5.41, 5.74) is 2.66. The van der Waals surface area contributed by atoms with Crippen molar-refractivity contribution in [3.8, 4) is 0 Å². The molecule has 4 rings (SSSR count). The molecule has 0 saturated carbocycles. The molecule has 1 aromatic carbocycles. The number of aromatic nitrogens is 3. The standard InChI is InChI=1S/C22H22FN5O2/c1-14-4-5-19(18(23)9-14)27-22(30)17-13-26-28-8-6-15(10-20(17)28)11-25-21(29)16-3-2-7-24-12-16/h2-5,7,9,12-13,15H,6,8,10-11H2,1H3,(H,25,29)(H,27,30)/t15-/m0/s1. The van der Waals surface area contributed by atoms with Crippen molar-refractivity contribution in [2.75, 3.05) is 11.9 Å². The second-order valence-corrected chi connectivity index (χ2v) is 7.48. The largest absolute Gasteiger partial charge is 0.352 e. The van der Waals surface area contributed by atoms with E-state index < -0.39 is 5.82 Å². The highest BCUT2D eigenvalue weighted by molar-refractivity contribution is 6.05. The SMILES string of the molecule is Cc1ccc(NC(=O)c2cnn3c2C[C@@H](CNC(=O)c2cccnc2)CC3)c(F)c1. The van der Waals surface area contributed by atoms with E-state index in [1.54, 1.807) is 42.1 Å². The van der Waals surface area contributed by atoms with E-state index in [9.17, 15) is 14.0 Å². The monoisotopic (exact) mass is 407 g/mol. The number of hydrogen-bond donors (Lipinski definition) is 2. The van der Waals surface area contributed by atoms with Gasteiger partial charge in [-0.3, -0.25) is 19.3 Å². The third-order valence-corrected chi connectivity index (χ3v) is 5.27. The average molecular weight is 407 g/mol. The zero-order chi connectivity index (χ0) is 21.1. The molecule has 30 heavy (non-hydrogen) atoms. The van der Waals surface area contributed by atoms with Gasteiger partial charge in [-0.2, -0.15) is 5.10 Å². The number of carbonyl (C=O) groups excluding carboxylic acids is 2. The van der Waals surface area contributed by atoms with Crippen molar-refractivity contribution in [3.63, 3.8) is 0 Å². The number of carbonyl (C=O) groups is 2. The Labute approximate surface area is 173 Å². The van der Waals surface area contributed by atoms with E-state index in [0.29, 0.717) is 30.6 Å². The van der Waals surface area contributed by atoms with Crippen LogP contribution in [0.3, 0.4) is 0 Å². The van der Waals surface area contributed by atoms with Gasteiger partial charge in [0.25, 0.3) is 11.8 Å². The second kappa shape index (κ2) is 8.44. The lowest BCUT2D eigenvalue weighted by molar-refractivity contribution is 0.0942. The zero-order valence-corrected chi connectivity index (χ0v) is 16.6. The molecule has 0 radical (unpaired) electrons. The van der Waals surface area contributed by atoms with Crippen molar-refractivity contribution in [1.82, 2.24) is 20.1 Å². The summed E-state index contributed by atoms with van der Waals surface area (Å²) >= 11 is 0. The van der Waals surface area contributed by atoms with Crippen LogP contribution in [0, 0.1) is 18.7 Å². The molecule has 154 valence electrons. The van der Waals surface area contributed by atoms with Gasteiger partial charge in [0.05, 0.1) is 28.7 Å². The highest BCUT2D eigenvalue weighted by Crippen LogP contribution is 2.24. The van der Waals surface area contributed by atoms with Gasteiger partial charge in [0.2, 0.25) is 0 Å². The summed E-state index contributed by atoms with van der Waals surface area (Å²) in [6.07, 6.45) is 6.11. The van der Waals surface area contributed by atoms with Crippen LogP contribution in [0.5, 0.6) is 0 Å². The first-order valence-corrected chi connectivity index (χ1v) is 9.81. The normalized spacial score (nSPS) is 15.3. The molecule has 2 N–H and O–H groups in total. The van der Waals surface area contributed by atoms with Gasteiger partial charge < -0.3 is 10.6 Å². The predicted molar refractivity (Wildman–Crippen MR) is 110 cm³/mol. The van der Waals surface area contributed by atoms with E-state index in [2.05, 4.69) is 20.7 Å². The van der Waals surface area contributed by atoms with E-state index >= 15 is 0 Å². The third-order valence-electron chi connectivity index (χ3n) is 5.27. The topological polar surface area (TPSA) is 88.9 Å². The van der Waals surface area contributed by atoms with Crippen molar-refractivity contribution in [2.45, 2.75) is 26.3 Å². The van der Waals surface area contributed by atoms with Crippen molar-refractivity contribution >= 4 is 17.5 Å². The minimum absolute atomic E-state index is 0.140. The molecule has 0 unspecified atom stereocenters. The molecular weight excluding hydrogens is 385 g/mol. The number of benzene rings is 1. The Morgan fingerprint density at radius 1 is 1.23 bits per heavy atom. The molecule has 0 fully saturated rings. The summed E-state index contributed by atoms with van der Waals surface area (Å²) in [7, 11) is 0. The van der Waals surface area contributed by atoms with Crippen LogP contribution in [0.4, 0.5) is 10.1 Å². The smallest absolute Gasteiger partial charge is 0.259 e. The summed E-state index contributed by atoms with van der Waals surface area (Å²) in [5.74, 6) is -0.855. The van der Waals surface area contributed by atoms with Crippen LogP contribution < -0.4 is 10.6 Å². The molecular formula is C22H22FN5O2. The number of nitrogens with one attached hydrogen (secondary N) is 2. The van der Waals surface area contributed by atoms with Crippen molar-refractivity contribution in [3.05, 3.63) is 77.1 Å². The molecule has 3 heterocycles. The first kappa shape index (κ1) is 19.8. The number of anilines is 1. The molecule has 0 saturated heterocycles. The van der Waals surface area contributed by atoms with Gasteiger partial charge in [0.15, 0.2) is 0 Å². The molecule has 0 bridgehead atoms. The molecule has 2 amide bonds. The Morgan fingerprint density at radius 3 is 2.87 bits per heavy atom. The van der Waals surface area contributed by atoms with Gasteiger partial charge in [-0.15, -0.1) is 0 Å². The van der Waals surface area contributed by atoms with Crippen molar-refractivity contribution in [2.24, 2.45) is 5.92 Å². The fraction of sp³-hybridized carbons (Fsp3) is 0.273. The highest BCUT2D eigenvalue weighted by Gasteiger charge is 2.26. The highest BCUT2D eigenvalue weighted by atomic mass is 19.1. The predicted octanol–water partition coefficient (Wildman–Crippen LogP) is 2.97. The maximum absolute atomic E-state index is 14.1. The van der Waals surface area contributed by atoms with E-state index in [1.807, 2.05) is 0 Å².